The van der Waals surface area contributed by atoms with E-state index in [1.54, 1.807) is 7.05 Å². The number of aromatic nitrogens is 2. The lowest BCUT2D eigenvalue weighted by molar-refractivity contribution is -0.0105. The van der Waals surface area contributed by atoms with Crippen LogP contribution in [0.15, 0.2) is 11.4 Å². The lowest BCUT2D eigenvalue weighted by atomic mass is 9.85. The molecule has 10 nitrogen and oxygen atoms in total. The third kappa shape index (κ3) is 4.14. The molecule has 3 heterocycles. The molecular formula is C21H31N5O5S. The average molecular weight is 466 g/mol. The van der Waals surface area contributed by atoms with E-state index >= 15 is 0 Å². The number of ether oxygens (including phenoxy) is 1. The largest absolute Gasteiger partial charge is 0.444 e. The minimum absolute atomic E-state index is 0.0149. The van der Waals surface area contributed by atoms with Crippen LogP contribution in [-0.4, -0.2) is 77.8 Å². The van der Waals surface area contributed by atoms with Gasteiger partial charge in [-0.05, 0) is 40.0 Å². The SMILES string of the molecule is CN1C(=O)N([C@H]2CCN(C(=O)OC(C)(C)C)C3CCC[C@H]32)Cc2cnc(S(C)(=O)=O)nc21. The second kappa shape index (κ2) is 7.86. The molecule has 1 aliphatic carbocycles. The highest BCUT2D eigenvalue weighted by atomic mass is 32.2. The second-order valence-electron chi connectivity index (χ2n) is 9.93. The minimum Gasteiger partial charge on any atom is -0.444 e. The van der Waals surface area contributed by atoms with Crippen molar-refractivity contribution in [2.45, 2.75) is 75.8 Å². The Morgan fingerprint density at radius 3 is 2.56 bits per heavy atom. The van der Waals surface area contributed by atoms with Gasteiger partial charge in [0.15, 0.2) is 0 Å². The Morgan fingerprint density at radius 1 is 1.19 bits per heavy atom. The number of hydrogen-bond donors (Lipinski definition) is 0. The predicted octanol–water partition coefficient (Wildman–Crippen LogP) is 2.43. The van der Waals surface area contributed by atoms with Gasteiger partial charge in [0.1, 0.15) is 11.4 Å². The number of carbonyl (C=O) groups excluding carboxylic acids is 2. The molecule has 1 aromatic rings. The predicted molar refractivity (Wildman–Crippen MR) is 117 cm³/mol. The number of anilines is 1. The van der Waals surface area contributed by atoms with Gasteiger partial charge in [-0.2, -0.15) is 0 Å². The van der Waals surface area contributed by atoms with Crippen molar-refractivity contribution in [3.63, 3.8) is 0 Å². The molecule has 1 aromatic heterocycles. The zero-order chi connectivity index (χ0) is 23.4. The van der Waals surface area contributed by atoms with Crippen LogP contribution in [0.3, 0.4) is 0 Å². The number of piperidine rings is 1. The highest BCUT2D eigenvalue weighted by Crippen LogP contribution is 2.42. The number of rotatable bonds is 2. The van der Waals surface area contributed by atoms with E-state index in [-0.39, 0.29) is 35.3 Å². The van der Waals surface area contributed by atoms with E-state index in [2.05, 4.69) is 9.97 Å². The zero-order valence-electron chi connectivity index (χ0n) is 19.2. The molecule has 3 atom stereocenters. The number of likely N-dealkylation sites (tertiary alicyclic amines) is 1. The van der Waals surface area contributed by atoms with Gasteiger partial charge >= 0.3 is 12.1 Å². The van der Waals surface area contributed by atoms with Crippen LogP contribution in [0, 0.1) is 5.92 Å². The number of sulfone groups is 1. The maximum atomic E-state index is 13.3. The van der Waals surface area contributed by atoms with Crippen molar-refractivity contribution in [3.05, 3.63) is 11.8 Å². The van der Waals surface area contributed by atoms with Gasteiger partial charge in [0.25, 0.3) is 0 Å². The minimum atomic E-state index is -3.57. The molecule has 4 rings (SSSR count). The molecule has 3 amide bonds. The summed E-state index contributed by atoms with van der Waals surface area (Å²) in [6.07, 6.45) is 5.76. The average Bonchev–Trinajstić information content (AvgIpc) is 3.17. The van der Waals surface area contributed by atoms with Crippen molar-refractivity contribution in [1.29, 1.82) is 0 Å². The fraction of sp³-hybridized carbons (Fsp3) is 0.714. The van der Waals surface area contributed by atoms with E-state index in [1.165, 1.54) is 11.1 Å². The van der Waals surface area contributed by atoms with Gasteiger partial charge in [-0.1, -0.05) is 6.42 Å². The van der Waals surface area contributed by atoms with Crippen molar-refractivity contribution in [1.82, 2.24) is 19.8 Å². The van der Waals surface area contributed by atoms with E-state index in [4.69, 9.17) is 4.74 Å². The number of urea groups is 1. The Balaban J connectivity index is 1.57. The van der Waals surface area contributed by atoms with Gasteiger partial charge in [-0.15, -0.1) is 0 Å². The maximum Gasteiger partial charge on any atom is 0.410 e. The Kier molecular flexibility index (Phi) is 5.59. The molecule has 176 valence electrons. The normalized spacial score (nSPS) is 26.1. The summed E-state index contributed by atoms with van der Waals surface area (Å²) in [6, 6.07) is -0.178. The summed E-state index contributed by atoms with van der Waals surface area (Å²) in [5.41, 5.74) is 0.158. The molecule has 0 radical (unpaired) electrons. The molecule has 1 saturated heterocycles. The standard InChI is InChI=1S/C21H31N5O5S/c1-21(2,3)31-20(28)25-10-9-16(14-7-6-8-15(14)25)26-12-13-11-22-18(32(5,29)30)23-17(13)24(4)19(26)27/h11,14-16H,6-10,12H2,1-5H3/t14-,15?,16+/m1/s1. The first-order valence-corrected chi connectivity index (χ1v) is 12.9. The van der Waals surface area contributed by atoms with Crippen LogP contribution in [0.25, 0.3) is 0 Å². The molecule has 1 unspecified atom stereocenters. The number of amides is 3. The summed E-state index contributed by atoms with van der Waals surface area (Å²) in [4.78, 5) is 39.3. The number of hydrogen-bond acceptors (Lipinski definition) is 7. The highest BCUT2D eigenvalue weighted by Gasteiger charge is 2.48. The van der Waals surface area contributed by atoms with Gasteiger partial charge < -0.3 is 14.5 Å². The maximum absolute atomic E-state index is 13.3. The van der Waals surface area contributed by atoms with Crippen molar-refractivity contribution >= 4 is 27.8 Å². The third-order valence-electron chi connectivity index (χ3n) is 6.46. The van der Waals surface area contributed by atoms with Crippen molar-refractivity contribution in [3.8, 4) is 0 Å². The summed E-state index contributed by atoms with van der Waals surface area (Å²) in [5, 5.41) is -0.286. The monoisotopic (exact) mass is 465 g/mol. The Hall–Kier alpha value is -2.43. The molecule has 11 heteroatoms. The van der Waals surface area contributed by atoms with Crippen LogP contribution in [0.5, 0.6) is 0 Å². The molecule has 3 aliphatic rings. The topological polar surface area (TPSA) is 113 Å². The molecule has 0 bridgehead atoms. The van der Waals surface area contributed by atoms with Crippen molar-refractivity contribution in [2.75, 3.05) is 24.7 Å². The molecule has 0 spiro atoms. The first kappa shape index (κ1) is 22.8. The van der Waals surface area contributed by atoms with Gasteiger partial charge in [0, 0.05) is 49.6 Å². The molecule has 1 saturated carbocycles. The van der Waals surface area contributed by atoms with Crippen LogP contribution in [-0.2, 0) is 21.1 Å². The fourth-order valence-corrected chi connectivity index (χ4v) is 5.64. The summed E-state index contributed by atoms with van der Waals surface area (Å²) in [6.45, 7) is 6.44. The summed E-state index contributed by atoms with van der Waals surface area (Å²) in [5.74, 6) is 0.502. The van der Waals surface area contributed by atoms with Crippen LogP contribution in [0.4, 0.5) is 15.4 Å². The van der Waals surface area contributed by atoms with Gasteiger partial charge in [-0.3, -0.25) is 4.90 Å². The Bertz CT molecular complexity index is 1040. The number of carbonyl (C=O) groups is 2. The number of fused-ring (bicyclic) bond motifs is 2. The van der Waals surface area contributed by atoms with Crippen LogP contribution < -0.4 is 4.90 Å². The van der Waals surface area contributed by atoms with Gasteiger partial charge in [0.2, 0.25) is 15.0 Å². The van der Waals surface area contributed by atoms with Crippen molar-refractivity contribution in [2.24, 2.45) is 5.92 Å². The van der Waals surface area contributed by atoms with E-state index in [1.807, 2.05) is 30.6 Å². The van der Waals surface area contributed by atoms with Crippen LogP contribution >= 0.6 is 0 Å². The highest BCUT2D eigenvalue weighted by molar-refractivity contribution is 7.90. The molecule has 0 aromatic carbocycles. The van der Waals surface area contributed by atoms with E-state index in [9.17, 15) is 18.0 Å². The molecule has 32 heavy (non-hydrogen) atoms. The summed E-state index contributed by atoms with van der Waals surface area (Å²) >= 11 is 0. The fourth-order valence-electron chi connectivity index (χ4n) is 5.15. The van der Waals surface area contributed by atoms with Gasteiger partial charge in [0.05, 0.1) is 6.54 Å². The van der Waals surface area contributed by atoms with E-state index in [0.717, 1.165) is 25.5 Å². The first-order valence-electron chi connectivity index (χ1n) is 11.0. The van der Waals surface area contributed by atoms with E-state index in [0.29, 0.717) is 30.9 Å². The molecule has 2 fully saturated rings. The van der Waals surface area contributed by atoms with Crippen LogP contribution in [0.1, 0.15) is 52.0 Å². The first-order chi connectivity index (χ1) is 14.9. The number of nitrogens with zero attached hydrogens (tertiary/aromatic N) is 5. The lowest BCUT2D eigenvalue weighted by Crippen LogP contribution is -2.60. The van der Waals surface area contributed by atoms with Crippen molar-refractivity contribution < 1.29 is 22.7 Å². The van der Waals surface area contributed by atoms with Crippen LogP contribution in [0.2, 0.25) is 0 Å². The molecular weight excluding hydrogens is 434 g/mol. The lowest BCUT2D eigenvalue weighted by Gasteiger charge is -2.48. The third-order valence-corrected chi connectivity index (χ3v) is 7.32. The smallest absolute Gasteiger partial charge is 0.410 e. The Morgan fingerprint density at radius 2 is 1.91 bits per heavy atom. The summed E-state index contributed by atoms with van der Waals surface area (Å²) in [7, 11) is -1.97. The molecule has 2 aliphatic heterocycles. The zero-order valence-corrected chi connectivity index (χ0v) is 20.1. The van der Waals surface area contributed by atoms with E-state index < -0.39 is 15.4 Å². The summed E-state index contributed by atoms with van der Waals surface area (Å²) < 4.78 is 29.3. The molecule has 0 N–H and O–H groups in total. The van der Waals surface area contributed by atoms with Gasteiger partial charge in [-0.25, -0.2) is 28.0 Å². The Labute approximate surface area is 188 Å². The quantitative estimate of drug-likeness (QED) is 0.617. The second-order valence-corrected chi connectivity index (χ2v) is 11.8.